The van der Waals surface area contributed by atoms with Gasteiger partial charge in [0.05, 0.1) is 5.02 Å². The molecule has 0 saturated carbocycles. The molecule has 9 nitrogen and oxygen atoms in total. The molecule has 0 fully saturated rings. The highest BCUT2D eigenvalue weighted by atomic mass is 35.5. The molecule has 0 bridgehead atoms. The number of ether oxygens (including phenoxy) is 5. The Kier molecular flexibility index (Phi) is 21.5. The van der Waals surface area contributed by atoms with Gasteiger partial charge in [0, 0.05) is 41.8 Å². The van der Waals surface area contributed by atoms with Gasteiger partial charge in [-0.1, -0.05) is 100 Å². The van der Waals surface area contributed by atoms with Crippen LogP contribution in [0.15, 0.2) is 36.4 Å². The molecule has 0 atom stereocenters. The fourth-order valence-electron chi connectivity index (χ4n) is 4.66. The molecular formula is C37H49Cl3O9. The number of rotatable bonds is 25. The number of hydrogen-bond acceptors (Lipinski definition) is 9. The average Bonchev–Trinajstić information content (AvgIpc) is 3.06. The zero-order chi connectivity index (χ0) is 35.9. The van der Waals surface area contributed by atoms with E-state index in [4.69, 9.17) is 58.5 Å². The molecule has 0 heterocycles. The second-order valence-electron chi connectivity index (χ2n) is 11.8. The van der Waals surface area contributed by atoms with Gasteiger partial charge in [0.1, 0.15) is 19.0 Å². The number of halogens is 3. The first-order valence-corrected chi connectivity index (χ1v) is 18.4. The minimum absolute atomic E-state index is 0.00111. The molecule has 0 spiro atoms. The van der Waals surface area contributed by atoms with Crippen molar-refractivity contribution in [3.8, 4) is 17.2 Å². The standard InChI is InChI=1S/C37H49Cl3O9/c1-3-5-7-9-11-15-34(41)45-25-29(26-46-35(42)16-12-10-8-6-4-2)47-36(43)17-13-14-18-37(44)49-33-24-28(39)20-22-32(33)48-31-21-19-27(38)23-30(31)40/h19-24,29H,3-18,25-26H2,1-2H3. The van der Waals surface area contributed by atoms with E-state index in [1.807, 2.05) is 0 Å². The Hall–Kier alpha value is -3.01. The maximum Gasteiger partial charge on any atom is 0.311 e. The molecule has 0 aromatic heterocycles. The van der Waals surface area contributed by atoms with Crippen LogP contribution in [0.5, 0.6) is 17.2 Å². The lowest BCUT2D eigenvalue weighted by Gasteiger charge is -2.18. The van der Waals surface area contributed by atoms with Gasteiger partial charge in [-0.25, -0.2) is 0 Å². The summed E-state index contributed by atoms with van der Waals surface area (Å²) in [5.74, 6) is -1.23. The van der Waals surface area contributed by atoms with Gasteiger partial charge < -0.3 is 23.7 Å². The van der Waals surface area contributed by atoms with Gasteiger partial charge in [-0.3, -0.25) is 19.2 Å². The highest BCUT2D eigenvalue weighted by Crippen LogP contribution is 2.37. The lowest BCUT2D eigenvalue weighted by molar-refractivity contribution is -0.167. The van der Waals surface area contributed by atoms with Gasteiger partial charge in [-0.05, 0) is 56.0 Å². The Balaban J connectivity index is 1.83. The fourth-order valence-corrected chi connectivity index (χ4v) is 5.27. The van der Waals surface area contributed by atoms with E-state index in [0.29, 0.717) is 28.6 Å². The van der Waals surface area contributed by atoms with E-state index in [0.717, 1.165) is 64.2 Å². The summed E-state index contributed by atoms with van der Waals surface area (Å²) in [6.45, 7) is 3.83. The summed E-state index contributed by atoms with van der Waals surface area (Å²) in [6, 6.07) is 9.32. The Morgan fingerprint density at radius 3 is 1.57 bits per heavy atom. The van der Waals surface area contributed by atoms with Crippen molar-refractivity contribution < 1.29 is 42.9 Å². The third-order valence-electron chi connectivity index (χ3n) is 7.38. The Labute approximate surface area is 305 Å². The van der Waals surface area contributed by atoms with Gasteiger partial charge in [0.2, 0.25) is 0 Å². The van der Waals surface area contributed by atoms with E-state index in [2.05, 4.69) is 13.8 Å². The normalized spacial score (nSPS) is 10.9. The van der Waals surface area contributed by atoms with Crippen molar-refractivity contribution in [2.75, 3.05) is 13.2 Å². The molecule has 12 heteroatoms. The van der Waals surface area contributed by atoms with E-state index in [9.17, 15) is 19.2 Å². The summed E-state index contributed by atoms with van der Waals surface area (Å²) in [7, 11) is 0. The van der Waals surface area contributed by atoms with Gasteiger partial charge >= 0.3 is 23.9 Å². The highest BCUT2D eigenvalue weighted by Gasteiger charge is 2.20. The van der Waals surface area contributed by atoms with E-state index in [1.165, 1.54) is 12.1 Å². The predicted molar refractivity (Wildman–Crippen MR) is 191 cm³/mol. The van der Waals surface area contributed by atoms with Crippen molar-refractivity contribution >= 4 is 58.7 Å². The van der Waals surface area contributed by atoms with Crippen LogP contribution in [0.4, 0.5) is 0 Å². The number of carbonyl (C=O) groups is 4. The molecular weight excluding hydrogens is 695 g/mol. The molecule has 0 N–H and O–H groups in total. The average molecular weight is 744 g/mol. The molecule has 0 aliphatic rings. The van der Waals surface area contributed by atoms with E-state index >= 15 is 0 Å². The van der Waals surface area contributed by atoms with Gasteiger partial charge in [-0.2, -0.15) is 0 Å². The summed E-state index contributed by atoms with van der Waals surface area (Å²) in [5, 5.41) is 1.06. The second-order valence-corrected chi connectivity index (χ2v) is 13.0. The minimum Gasteiger partial charge on any atom is -0.462 e. The van der Waals surface area contributed by atoms with Crippen LogP contribution in [0.3, 0.4) is 0 Å². The molecule has 0 unspecified atom stereocenters. The smallest absolute Gasteiger partial charge is 0.311 e. The molecule has 272 valence electrons. The quantitative estimate of drug-likeness (QED) is 0.0424. The SMILES string of the molecule is CCCCCCCC(=O)OCC(COC(=O)CCCCCCC)OC(=O)CCCCC(=O)Oc1cc(Cl)ccc1Oc1ccc(Cl)cc1Cl. The lowest BCUT2D eigenvalue weighted by atomic mass is 10.1. The lowest BCUT2D eigenvalue weighted by Crippen LogP contribution is -2.30. The van der Waals surface area contributed by atoms with Crippen molar-refractivity contribution in [1.82, 2.24) is 0 Å². The molecule has 2 rings (SSSR count). The van der Waals surface area contributed by atoms with E-state index in [1.54, 1.807) is 24.3 Å². The van der Waals surface area contributed by atoms with Crippen molar-refractivity contribution in [3.05, 3.63) is 51.5 Å². The van der Waals surface area contributed by atoms with Gasteiger partial charge in [-0.15, -0.1) is 0 Å². The van der Waals surface area contributed by atoms with Gasteiger partial charge in [0.15, 0.2) is 17.6 Å². The van der Waals surface area contributed by atoms with Crippen LogP contribution in [0.2, 0.25) is 15.1 Å². The second kappa shape index (κ2) is 25.0. The summed E-state index contributed by atoms with van der Waals surface area (Å²) in [5.41, 5.74) is 0. The number of esters is 4. The van der Waals surface area contributed by atoms with Gasteiger partial charge in [0.25, 0.3) is 0 Å². The zero-order valence-corrected chi connectivity index (χ0v) is 30.8. The summed E-state index contributed by atoms with van der Waals surface area (Å²) in [6.07, 6.45) is 10.2. The molecule has 2 aromatic carbocycles. The number of benzene rings is 2. The fraction of sp³-hybridized carbons (Fsp3) is 0.568. The van der Waals surface area contributed by atoms with Crippen molar-refractivity contribution in [1.29, 1.82) is 0 Å². The van der Waals surface area contributed by atoms with Crippen LogP contribution in [-0.2, 0) is 33.4 Å². The predicted octanol–water partition coefficient (Wildman–Crippen LogP) is 10.6. The molecule has 0 saturated heterocycles. The third-order valence-corrected chi connectivity index (χ3v) is 8.15. The van der Waals surface area contributed by atoms with Crippen LogP contribution >= 0.6 is 34.8 Å². The number of carbonyl (C=O) groups excluding carboxylic acids is 4. The Bertz CT molecular complexity index is 1290. The van der Waals surface area contributed by atoms with Crippen LogP contribution in [0.1, 0.15) is 117 Å². The molecule has 0 amide bonds. The first-order valence-electron chi connectivity index (χ1n) is 17.2. The van der Waals surface area contributed by atoms with Crippen LogP contribution in [0.25, 0.3) is 0 Å². The highest BCUT2D eigenvalue weighted by molar-refractivity contribution is 6.35. The monoisotopic (exact) mass is 742 g/mol. The first-order chi connectivity index (χ1) is 23.6. The summed E-state index contributed by atoms with van der Waals surface area (Å²) < 4.78 is 27.5. The van der Waals surface area contributed by atoms with Crippen LogP contribution in [-0.4, -0.2) is 43.2 Å². The molecule has 0 radical (unpaired) electrons. The summed E-state index contributed by atoms with van der Waals surface area (Å²) in [4.78, 5) is 49.8. The first kappa shape index (κ1) is 42.2. The van der Waals surface area contributed by atoms with Crippen LogP contribution in [0, 0.1) is 0 Å². The van der Waals surface area contributed by atoms with E-state index in [-0.39, 0.29) is 67.4 Å². The number of hydrogen-bond donors (Lipinski definition) is 0. The molecule has 49 heavy (non-hydrogen) atoms. The maximum absolute atomic E-state index is 12.7. The van der Waals surface area contributed by atoms with Crippen molar-refractivity contribution in [3.63, 3.8) is 0 Å². The maximum atomic E-state index is 12.7. The number of unbranched alkanes of at least 4 members (excludes halogenated alkanes) is 9. The Morgan fingerprint density at radius 2 is 1.02 bits per heavy atom. The Morgan fingerprint density at radius 1 is 0.551 bits per heavy atom. The molecule has 2 aromatic rings. The molecule has 0 aliphatic heterocycles. The largest absolute Gasteiger partial charge is 0.462 e. The topological polar surface area (TPSA) is 114 Å². The zero-order valence-electron chi connectivity index (χ0n) is 28.6. The van der Waals surface area contributed by atoms with Crippen LogP contribution < -0.4 is 9.47 Å². The van der Waals surface area contributed by atoms with Crippen molar-refractivity contribution in [2.24, 2.45) is 0 Å². The third kappa shape index (κ3) is 19.1. The summed E-state index contributed by atoms with van der Waals surface area (Å²) >= 11 is 18.3. The van der Waals surface area contributed by atoms with Crippen molar-refractivity contribution in [2.45, 2.75) is 123 Å². The van der Waals surface area contributed by atoms with E-state index < -0.39 is 18.0 Å². The minimum atomic E-state index is -0.930. The molecule has 0 aliphatic carbocycles.